The molecule has 1 spiro atoms. The van der Waals surface area contributed by atoms with Gasteiger partial charge in [0.2, 0.25) is 0 Å². The monoisotopic (exact) mass is 360 g/mol. The van der Waals surface area contributed by atoms with Gasteiger partial charge in [-0.25, -0.2) is 14.4 Å². The fourth-order valence-corrected chi connectivity index (χ4v) is 3.38. The van der Waals surface area contributed by atoms with Crippen molar-refractivity contribution in [3.05, 3.63) is 29.8 Å². The van der Waals surface area contributed by atoms with Crippen molar-refractivity contribution in [1.82, 2.24) is 10.2 Å². The average molecular weight is 360 g/mol. The Morgan fingerprint density at radius 1 is 1.12 bits per heavy atom. The first kappa shape index (κ1) is 17.9. The van der Waals surface area contributed by atoms with Gasteiger partial charge in [0.25, 0.3) is 5.91 Å². The zero-order valence-electron chi connectivity index (χ0n) is 14.4. The molecular weight excluding hydrogens is 340 g/mol. The summed E-state index contributed by atoms with van der Waals surface area (Å²) in [7, 11) is 1.27. The largest absolute Gasteiger partial charge is 0.465 e. The van der Waals surface area contributed by atoms with Gasteiger partial charge in [-0.05, 0) is 37.1 Å². The number of hydrogen-bond donors (Lipinski definition) is 1. The molecule has 1 N–H and O–H groups in total. The highest BCUT2D eigenvalue weighted by Gasteiger charge is 2.51. The number of esters is 2. The molecule has 1 aromatic rings. The molecular formula is C18H20N2O6. The maximum Gasteiger partial charge on any atom is 0.337 e. The van der Waals surface area contributed by atoms with Gasteiger partial charge in [0.15, 0.2) is 0 Å². The van der Waals surface area contributed by atoms with Crippen LogP contribution in [0.5, 0.6) is 5.75 Å². The topological polar surface area (TPSA) is 102 Å². The Morgan fingerprint density at radius 2 is 1.77 bits per heavy atom. The zero-order valence-corrected chi connectivity index (χ0v) is 14.4. The summed E-state index contributed by atoms with van der Waals surface area (Å²) in [4.78, 5) is 49.2. The third-order valence-corrected chi connectivity index (χ3v) is 4.75. The van der Waals surface area contributed by atoms with E-state index in [1.165, 1.54) is 31.4 Å². The molecule has 1 aromatic carbocycles. The first-order valence-corrected chi connectivity index (χ1v) is 8.48. The molecule has 1 aliphatic heterocycles. The number of ether oxygens (including phenoxy) is 2. The van der Waals surface area contributed by atoms with Crippen LogP contribution >= 0.6 is 0 Å². The van der Waals surface area contributed by atoms with Crippen molar-refractivity contribution in [3.8, 4) is 5.75 Å². The van der Waals surface area contributed by atoms with Crippen molar-refractivity contribution in [3.63, 3.8) is 0 Å². The predicted molar refractivity (Wildman–Crippen MR) is 89.5 cm³/mol. The summed E-state index contributed by atoms with van der Waals surface area (Å²) < 4.78 is 9.74. The summed E-state index contributed by atoms with van der Waals surface area (Å²) in [6.07, 6.45) is 3.97. The molecule has 1 saturated carbocycles. The van der Waals surface area contributed by atoms with E-state index < -0.39 is 30.1 Å². The molecule has 0 radical (unpaired) electrons. The maximum absolute atomic E-state index is 12.6. The van der Waals surface area contributed by atoms with Crippen LogP contribution < -0.4 is 10.1 Å². The first-order chi connectivity index (χ1) is 12.4. The lowest BCUT2D eigenvalue weighted by atomic mass is 9.82. The second-order valence-corrected chi connectivity index (χ2v) is 6.45. The molecule has 138 valence electrons. The lowest BCUT2D eigenvalue weighted by Crippen LogP contribution is -2.48. The molecule has 0 unspecified atom stereocenters. The maximum atomic E-state index is 12.6. The molecule has 2 fully saturated rings. The lowest BCUT2D eigenvalue weighted by Gasteiger charge is -2.30. The summed E-state index contributed by atoms with van der Waals surface area (Å²) in [6.45, 7) is -0.453. The summed E-state index contributed by atoms with van der Waals surface area (Å²) in [5.41, 5.74) is -0.543. The number of carbonyl (C=O) groups excluding carboxylic acids is 4. The van der Waals surface area contributed by atoms with E-state index in [-0.39, 0.29) is 11.7 Å². The number of imide groups is 1. The van der Waals surface area contributed by atoms with Crippen LogP contribution in [-0.2, 0) is 14.3 Å². The van der Waals surface area contributed by atoms with E-state index in [2.05, 4.69) is 10.1 Å². The molecule has 0 aromatic heterocycles. The van der Waals surface area contributed by atoms with E-state index in [0.29, 0.717) is 18.4 Å². The number of amides is 3. The Balaban J connectivity index is 1.62. The molecule has 8 nitrogen and oxygen atoms in total. The number of rotatable bonds is 4. The summed E-state index contributed by atoms with van der Waals surface area (Å²) in [5, 5.41) is 2.74. The van der Waals surface area contributed by atoms with Crippen LogP contribution in [0.15, 0.2) is 24.3 Å². The number of urea groups is 1. The van der Waals surface area contributed by atoms with Crippen molar-refractivity contribution in [2.45, 2.75) is 37.6 Å². The van der Waals surface area contributed by atoms with Gasteiger partial charge >= 0.3 is 18.0 Å². The summed E-state index contributed by atoms with van der Waals surface area (Å²) in [5.74, 6) is -1.38. The smallest absolute Gasteiger partial charge is 0.337 e. The molecule has 1 aliphatic carbocycles. The normalized spacial score (nSPS) is 18.6. The van der Waals surface area contributed by atoms with Crippen LogP contribution in [0.1, 0.15) is 42.5 Å². The van der Waals surface area contributed by atoms with Crippen LogP contribution in [0, 0.1) is 0 Å². The molecule has 0 bridgehead atoms. The third kappa shape index (κ3) is 3.40. The van der Waals surface area contributed by atoms with Gasteiger partial charge in [0.1, 0.15) is 17.8 Å². The second kappa shape index (κ2) is 7.15. The number of carbonyl (C=O) groups is 4. The van der Waals surface area contributed by atoms with Crippen molar-refractivity contribution in [2.24, 2.45) is 0 Å². The highest BCUT2D eigenvalue weighted by molar-refractivity contribution is 6.08. The number of methoxy groups -OCH3 is 1. The van der Waals surface area contributed by atoms with Gasteiger partial charge in [-0.15, -0.1) is 0 Å². The average Bonchev–Trinajstić information content (AvgIpc) is 2.86. The van der Waals surface area contributed by atoms with Gasteiger partial charge in [-0.3, -0.25) is 9.69 Å². The fraction of sp³-hybridized carbons (Fsp3) is 0.444. The fourth-order valence-electron chi connectivity index (χ4n) is 3.38. The van der Waals surface area contributed by atoms with E-state index in [9.17, 15) is 19.2 Å². The summed E-state index contributed by atoms with van der Waals surface area (Å²) in [6, 6.07) is 5.24. The molecule has 1 heterocycles. The van der Waals surface area contributed by atoms with E-state index in [1.807, 2.05) is 0 Å². The van der Waals surface area contributed by atoms with Crippen molar-refractivity contribution >= 4 is 23.9 Å². The SMILES string of the molecule is COC(=O)c1ccc(OC(=O)CN2C(=O)NC3(CCCCC3)C2=O)cc1. The highest BCUT2D eigenvalue weighted by Crippen LogP contribution is 2.33. The van der Waals surface area contributed by atoms with Gasteiger partial charge in [-0.1, -0.05) is 19.3 Å². The predicted octanol–water partition coefficient (Wildman–Crippen LogP) is 1.63. The van der Waals surface area contributed by atoms with Crippen molar-refractivity contribution in [1.29, 1.82) is 0 Å². The van der Waals surface area contributed by atoms with Crippen LogP contribution in [0.25, 0.3) is 0 Å². The first-order valence-electron chi connectivity index (χ1n) is 8.48. The minimum absolute atomic E-state index is 0.210. The number of nitrogens with one attached hydrogen (secondary N) is 1. The zero-order chi connectivity index (χ0) is 18.7. The Morgan fingerprint density at radius 3 is 2.38 bits per heavy atom. The van der Waals surface area contributed by atoms with E-state index in [0.717, 1.165) is 24.2 Å². The molecule has 8 heteroatoms. The quantitative estimate of drug-likeness (QED) is 0.497. The van der Waals surface area contributed by atoms with Gasteiger partial charge in [-0.2, -0.15) is 0 Å². The molecule has 3 amide bonds. The molecule has 26 heavy (non-hydrogen) atoms. The number of nitrogens with zero attached hydrogens (tertiary/aromatic N) is 1. The van der Waals surface area contributed by atoms with E-state index in [1.54, 1.807) is 0 Å². The van der Waals surface area contributed by atoms with Gasteiger partial charge in [0, 0.05) is 0 Å². The van der Waals surface area contributed by atoms with Crippen LogP contribution in [0.2, 0.25) is 0 Å². The Bertz CT molecular complexity index is 737. The highest BCUT2D eigenvalue weighted by atomic mass is 16.5. The molecule has 1 saturated heterocycles. The van der Waals surface area contributed by atoms with Crippen molar-refractivity contribution in [2.75, 3.05) is 13.7 Å². The van der Waals surface area contributed by atoms with Gasteiger partial charge in [0.05, 0.1) is 12.7 Å². The minimum Gasteiger partial charge on any atom is -0.465 e. The number of hydrogen-bond acceptors (Lipinski definition) is 6. The van der Waals surface area contributed by atoms with Crippen molar-refractivity contribution < 1.29 is 28.7 Å². The van der Waals surface area contributed by atoms with E-state index >= 15 is 0 Å². The molecule has 0 atom stereocenters. The van der Waals surface area contributed by atoms with Crippen LogP contribution in [-0.4, -0.2) is 48.0 Å². The van der Waals surface area contributed by atoms with Crippen LogP contribution in [0.3, 0.4) is 0 Å². The second-order valence-electron chi connectivity index (χ2n) is 6.45. The molecule has 2 aliphatic rings. The van der Waals surface area contributed by atoms with Gasteiger partial charge < -0.3 is 14.8 Å². The summed E-state index contributed by atoms with van der Waals surface area (Å²) >= 11 is 0. The van der Waals surface area contributed by atoms with Crippen LogP contribution in [0.4, 0.5) is 4.79 Å². The number of benzene rings is 1. The Hall–Kier alpha value is -2.90. The Kier molecular flexibility index (Phi) is 4.92. The molecule has 3 rings (SSSR count). The lowest BCUT2D eigenvalue weighted by molar-refractivity contribution is -0.141. The minimum atomic E-state index is -0.863. The van der Waals surface area contributed by atoms with E-state index in [4.69, 9.17) is 4.74 Å². The standard InChI is InChI=1S/C18H20N2O6/c1-25-15(22)12-5-7-13(8-6-12)26-14(21)11-20-16(23)18(19-17(20)24)9-3-2-4-10-18/h5-8H,2-4,9-11H2,1H3,(H,19,24). The third-order valence-electron chi connectivity index (χ3n) is 4.75. The Labute approximate surface area is 150 Å².